The normalized spacial score (nSPS) is 20.3. The number of carbonyl (C=O) groups excluding carboxylic acids is 1. The summed E-state index contributed by atoms with van der Waals surface area (Å²) >= 11 is 0. The van der Waals surface area contributed by atoms with Crippen molar-refractivity contribution in [1.29, 1.82) is 0 Å². The molecule has 1 amide bonds. The van der Waals surface area contributed by atoms with Crippen LogP contribution in [0.4, 0.5) is 10.3 Å². The largest absolute Gasteiger partial charge is 0.494 e. The highest BCUT2D eigenvalue weighted by molar-refractivity contribution is 5.79. The summed E-state index contributed by atoms with van der Waals surface area (Å²) in [6.45, 7) is 5.22. The van der Waals surface area contributed by atoms with E-state index in [1.165, 1.54) is 13.2 Å². The van der Waals surface area contributed by atoms with E-state index >= 15 is 0 Å². The average molecular weight is 413 g/mol. The van der Waals surface area contributed by atoms with Gasteiger partial charge in [-0.05, 0) is 36.6 Å². The van der Waals surface area contributed by atoms with Gasteiger partial charge in [-0.25, -0.2) is 14.4 Å². The first-order valence-electron chi connectivity index (χ1n) is 10.5. The lowest BCUT2D eigenvalue weighted by molar-refractivity contribution is -0.137. The maximum absolute atomic E-state index is 13.9. The van der Waals surface area contributed by atoms with Crippen LogP contribution in [-0.2, 0) is 11.3 Å². The Balaban J connectivity index is 1.29. The van der Waals surface area contributed by atoms with Crippen LogP contribution >= 0.6 is 0 Å². The molecule has 2 aliphatic heterocycles. The molecule has 1 atom stereocenters. The Hall–Kier alpha value is -2.74. The number of methoxy groups -OCH3 is 1. The SMILES string of the molecule is COc1ccc(CN2CCN(C(=O)[C@@H]3CCCN(c4ncccn4)C3)CC2)cc1F. The lowest BCUT2D eigenvalue weighted by atomic mass is 9.96. The van der Waals surface area contributed by atoms with Crippen molar-refractivity contribution in [2.24, 2.45) is 5.92 Å². The molecule has 7 nitrogen and oxygen atoms in total. The molecule has 8 heteroatoms. The van der Waals surface area contributed by atoms with Crippen molar-refractivity contribution < 1.29 is 13.9 Å². The second-order valence-electron chi connectivity index (χ2n) is 7.90. The summed E-state index contributed by atoms with van der Waals surface area (Å²) in [5.41, 5.74) is 0.916. The van der Waals surface area contributed by atoms with Crippen LogP contribution in [0.25, 0.3) is 0 Å². The Labute approximate surface area is 176 Å². The summed E-state index contributed by atoms with van der Waals surface area (Å²) in [7, 11) is 1.47. The van der Waals surface area contributed by atoms with Crippen LogP contribution in [0.1, 0.15) is 18.4 Å². The number of ether oxygens (including phenoxy) is 1. The maximum atomic E-state index is 13.9. The predicted molar refractivity (Wildman–Crippen MR) is 112 cm³/mol. The zero-order chi connectivity index (χ0) is 20.9. The monoisotopic (exact) mass is 413 g/mol. The number of piperidine rings is 1. The molecule has 2 aromatic rings. The Morgan fingerprint density at radius 3 is 2.63 bits per heavy atom. The Morgan fingerprint density at radius 1 is 1.17 bits per heavy atom. The lowest BCUT2D eigenvalue weighted by Gasteiger charge is -2.39. The highest BCUT2D eigenvalue weighted by Gasteiger charge is 2.31. The number of hydrogen-bond donors (Lipinski definition) is 0. The second-order valence-corrected chi connectivity index (χ2v) is 7.90. The number of hydrogen-bond acceptors (Lipinski definition) is 6. The minimum absolute atomic E-state index is 0.00945. The standard InChI is InChI=1S/C22H28FN5O2/c1-30-20-6-5-17(14-19(20)23)15-26-10-12-27(13-11-26)21(29)18-4-2-9-28(16-18)22-24-7-3-8-25-22/h3,5-8,14,18H,2,4,9-13,15-16H2,1H3/t18-/m1/s1. The van der Waals surface area contributed by atoms with Crippen molar-refractivity contribution >= 4 is 11.9 Å². The summed E-state index contributed by atoms with van der Waals surface area (Å²) in [6.07, 6.45) is 5.36. The summed E-state index contributed by atoms with van der Waals surface area (Å²) < 4.78 is 18.9. The summed E-state index contributed by atoms with van der Waals surface area (Å²) in [4.78, 5) is 28.1. The predicted octanol–water partition coefficient (Wildman–Crippen LogP) is 2.19. The molecule has 0 spiro atoms. The molecule has 0 aliphatic carbocycles. The number of rotatable bonds is 5. The zero-order valence-corrected chi connectivity index (χ0v) is 17.3. The van der Waals surface area contributed by atoms with E-state index in [1.54, 1.807) is 24.5 Å². The number of carbonyl (C=O) groups is 1. The van der Waals surface area contributed by atoms with Gasteiger partial charge in [0, 0.05) is 58.2 Å². The van der Waals surface area contributed by atoms with Gasteiger partial charge in [-0.1, -0.05) is 6.07 Å². The van der Waals surface area contributed by atoms with Crippen molar-refractivity contribution in [3.8, 4) is 5.75 Å². The first-order valence-corrected chi connectivity index (χ1v) is 10.5. The summed E-state index contributed by atoms with van der Waals surface area (Å²) in [5.74, 6) is 0.840. The fourth-order valence-electron chi connectivity index (χ4n) is 4.27. The molecule has 0 radical (unpaired) electrons. The number of aromatic nitrogens is 2. The number of halogens is 1. The molecule has 0 N–H and O–H groups in total. The van der Waals surface area contributed by atoms with Gasteiger partial charge in [-0.15, -0.1) is 0 Å². The Bertz CT molecular complexity index is 858. The van der Waals surface area contributed by atoms with Gasteiger partial charge >= 0.3 is 0 Å². The van der Waals surface area contributed by atoms with Crippen LogP contribution in [0.2, 0.25) is 0 Å². The molecular weight excluding hydrogens is 385 g/mol. The topological polar surface area (TPSA) is 61.8 Å². The van der Waals surface area contributed by atoms with E-state index in [0.29, 0.717) is 32.1 Å². The van der Waals surface area contributed by atoms with Crippen molar-refractivity contribution in [3.63, 3.8) is 0 Å². The van der Waals surface area contributed by atoms with Gasteiger partial charge in [0.1, 0.15) is 0 Å². The number of amides is 1. The third-order valence-electron chi connectivity index (χ3n) is 5.91. The molecular formula is C22H28FN5O2. The van der Waals surface area contributed by atoms with E-state index in [0.717, 1.165) is 38.0 Å². The molecule has 1 aromatic carbocycles. The molecule has 0 saturated carbocycles. The molecule has 2 fully saturated rings. The minimum Gasteiger partial charge on any atom is -0.494 e. The van der Waals surface area contributed by atoms with Crippen LogP contribution in [0.15, 0.2) is 36.7 Å². The molecule has 0 bridgehead atoms. The molecule has 3 heterocycles. The number of nitrogens with zero attached hydrogens (tertiary/aromatic N) is 5. The third-order valence-corrected chi connectivity index (χ3v) is 5.91. The summed E-state index contributed by atoms with van der Waals surface area (Å²) in [6, 6.07) is 6.88. The molecule has 0 unspecified atom stereocenters. The maximum Gasteiger partial charge on any atom is 0.227 e. The third kappa shape index (κ3) is 4.70. The Kier molecular flexibility index (Phi) is 6.42. The average Bonchev–Trinajstić information content (AvgIpc) is 2.80. The van der Waals surface area contributed by atoms with Crippen LogP contribution in [0, 0.1) is 11.7 Å². The van der Waals surface area contributed by atoms with E-state index < -0.39 is 0 Å². The van der Waals surface area contributed by atoms with E-state index in [1.807, 2.05) is 11.0 Å². The first kappa shape index (κ1) is 20.5. The van der Waals surface area contributed by atoms with Crippen LogP contribution < -0.4 is 9.64 Å². The van der Waals surface area contributed by atoms with Gasteiger partial charge in [0.05, 0.1) is 13.0 Å². The lowest BCUT2D eigenvalue weighted by Crippen LogP contribution is -2.52. The van der Waals surface area contributed by atoms with E-state index in [-0.39, 0.29) is 23.4 Å². The van der Waals surface area contributed by atoms with Gasteiger partial charge in [-0.2, -0.15) is 0 Å². The van der Waals surface area contributed by atoms with E-state index in [9.17, 15) is 9.18 Å². The second kappa shape index (κ2) is 9.38. The zero-order valence-electron chi connectivity index (χ0n) is 17.3. The van der Waals surface area contributed by atoms with E-state index in [2.05, 4.69) is 19.8 Å². The van der Waals surface area contributed by atoms with Gasteiger partial charge in [-0.3, -0.25) is 9.69 Å². The number of anilines is 1. The van der Waals surface area contributed by atoms with Gasteiger partial charge in [0.2, 0.25) is 11.9 Å². The number of benzene rings is 1. The van der Waals surface area contributed by atoms with Crippen LogP contribution in [-0.4, -0.2) is 72.1 Å². The molecule has 2 aliphatic rings. The van der Waals surface area contributed by atoms with Crippen molar-refractivity contribution in [1.82, 2.24) is 19.8 Å². The van der Waals surface area contributed by atoms with Gasteiger partial charge in [0.25, 0.3) is 0 Å². The van der Waals surface area contributed by atoms with E-state index in [4.69, 9.17) is 4.74 Å². The fraction of sp³-hybridized carbons (Fsp3) is 0.500. The van der Waals surface area contributed by atoms with Crippen molar-refractivity contribution in [3.05, 3.63) is 48.0 Å². The molecule has 160 valence electrons. The van der Waals surface area contributed by atoms with Crippen LogP contribution in [0.3, 0.4) is 0 Å². The van der Waals surface area contributed by atoms with Crippen LogP contribution in [0.5, 0.6) is 5.75 Å². The Morgan fingerprint density at radius 2 is 1.93 bits per heavy atom. The summed E-state index contributed by atoms with van der Waals surface area (Å²) in [5, 5.41) is 0. The quantitative estimate of drug-likeness (QED) is 0.749. The molecule has 2 saturated heterocycles. The first-order chi connectivity index (χ1) is 14.6. The molecule has 30 heavy (non-hydrogen) atoms. The fourth-order valence-corrected chi connectivity index (χ4v) is 4.27. The van der Waals surface area contributed by atoms with Gasteiger partial charge in [0.15, 0.2) is 11.6 Å². The minimum atomic E-state index is -0.340. The molecule has 4 rings (SSSR count). The molecule has 1 aromatic heterocycles. The smallest absolute Gasteiger partial charge is 0.227 e. The highest BCUT2D eigenvalue weighted by Crippen LogP contribution is 2.23. The number of piperazine rings is 1. The van der Waals surface area contributed by atoms with Gasteiger partial charge < -0.3 is 14.5 Å². The van der Waals surface area contributed by atoms with Crippen molar-refractivity contribution in [2.45, 2.75) is 19.4 Å². The highest BCUT2D eigenvalue weighted by atomic mass is 19.1. The van der Waals surface area contributed by atoms with Crippen molar-refractivity contribution in [2.75, 3.05) is 51.3 Å².